The molecule has 1 heterocycles. The highest BCUT2D eigenvalue weighted by atomic mass is 35.7. The average Bonchev–Trinajstić information content (AvgIpc) is 1.56. The van der Waals surface area contributed by atoms with Crippen molar-refractivity contribution in [3.8, 4) is 0 Å². The predicted octanol–water partition coefficient (Wildman–Crippen LogP) is 3.34. The Morgan fingerprint density at radius 1 is 1.30 bits per heavy atom. The Hall–Kier alpha value is 1.34. The molecule has 0 aromatic heterocycles. The van der Waals surface area contributed by atoms with E-state index < -0.39 is 11.5 Å². The van der Waals surface area contributed by atoms with Crippen LogP contribution < -0.4 is 0 Å². The summed E-state index contributed by atoms with van der Waals surface area (Å²) in [6.45, 7) is -2.55. The first-order chi connectivity index (χ1) is 4.41. The molecule has 1 aliphatic heterocycles. The van der Waals surface area contributed by atoms with Crippen LogP contribution in [0.4, 0.5) is 0 Å². The van der Waals surface area contributed by atoms with Crippen molar-refractivity contribution in [2.24, 2.45) is 0 Å². The summed E-state index contributed by atoms with van der Waals surface area (Å²) in [6, 6.07) is 0.706. The molecule has 0 radical (unpaired) electrons. The fourth-order valence-electron chi connectivity index (χ4n) is 0.821. The summed E-state index contributed by atoms with van der Waals surface area (Å²) >= 11 is 22.9. The van der Waals surface area contributed by atoms with E-state index in [2.05, 4.69) is 0 Å². The van der Waals surface area contributed by atoms with E-state index in [1.807, 2.05) is 0 Å². The molecule has 0 spiro atoms. The topological polar surface area (TPSA) is 9.23 Å². The van der Waals surface area contributed by atoms with Gasteiger partial charge in [-0.05, 0) is 12.5 Å². The monoisotopic (exact) mass is 238 g/mol. The minimum Gasteiger partial charge on any atom is -0.360 e. The van der Waals surface area contributed by atoms with Gasteiger partial charge in [0, 0.05) is 6.42 Å². The second-order valence-electron chi connectivity index (χ2n) is 2.23. The minimum absolute atomic E-state index is 0.601. The van der Waals surface area contributed by atoms with Crippen LogP contribution in [0.15, 0.2) is 0 Å². The van der Waals surface area contributed by atoms with Crippen LogP contribution in [0.1, 0.15) is 12.8 Å². The van der Waals surface area contributed by atoms with Gasteiger partial charge in [0.05, 0.1) is 0 Å². The molecule has 0 aromatic carbocycles. The number of halogens is 4. The van der Waals surface area contributed by atoms with Gasteiger partial charge in [-0.2, -0.15) is 0 Å². The van der Waals surface area contributed by atoms with Crippen LogP contribution >= 0.6 is 45.4 Å². The number of hydrogen-bond donors (Lipinski definition) is 0. The van der Waals surface area contributed by atoms with Crippen molar-refractivity contribution in [3.63, 3.8) is 0 Å². The summed E-state index contributed by atoms with van der Waals surface area (Å²) in [4.78, 5) is 0. The number of hydrogen-bond acceptors (Lipinski definition) is 1. The molecule has 0 aliphatic carbocycles. The van der Waals surface area contributed by atoms with Crippen LogP contribution in [-0.4, -0.2) is 11.5 Å². The first kappa shape index (κ1) is 9.43. The van der Waals surface area contributed by atoms with Gasteiger partial charge in [-0.15, -0.1) is 22.2 Å². The van der Waals surface area contributed by atoms with Crippen molar-refractivity contribution in [1.82, 2.24) is 0 Å². The normalized spacial score (nSPS) is 30.0. The van der Waals surface area contributed by atoms with E-state index in [4.69, 9.17) is 49.8 Å². The van der Waals surface area contributed by atoms with Crippen LogP contribution in [-0.2, 0) is 4.43 Å². The highest BCUT2D eigenvalue weighted by Crippen LogP contribution is 2.42. The Morgan fingerprint density at radius 3 is 2.20 bits per heavy atom. The number of rotatable bonds is 0. The van der Waals surface area contributed by atoms with Crippen LogP contribution in [0.25, 0.3) is 0 Å². The third-order valence-electron chi connectivity index (χ3n) is 1.23. The molecule has 1 nitrogen and oxygen atoms in total. The predicted molar refractivity (Wildman–Crippen MR) is 47.0 cm³/mol. The Labute approximate surface area is 80.1 Å². The smallest absolute Gasteiger partial charge is 0.360 e. The van der Waals surface area contributed by atoms with Crippen LogP contribution in [0, 0.1) is 0 Å². The number of alkyl halides is 2. The molecule has 1 saturated heterocycles. The van der Waals surface area contributed by atoms with Crippen molar-refractivity contribution in [1.29, 1.82) is 0 Å². The van der Waals surface area contributed by atoms with Crippen LogP contribution in [0.2, 0.25) is 6.04 Å². The zero-order valence-corrected chi connectivity index (χ0v) is 9.07. The molecule has 0 N–H and O–H groups in total. The second kappa shape index (κ2) is 3.00. The lowest BCUT2D eigenvalue weighted by molar-refractivity contribution is 0.212. The zero-order valence-electron chi connectivity index (χ0n) is 5.04. The lowest BCUT2D eigenvalue weighted by atomic mass is 10.3. The molecule has 1 fully saturated rings. The van der Waals surface area contributed by atoms with Gasteiger partial charge in [0.15, 0.2) is 0 Å². The van der Waals surface area contributed by atoms with Gasteiger partial charge in [0.1, 0.15) is 0 Å². The van der Waals surface area contributed by atoms with Crippen molar-refractivity contribution in [2.75, 3.05) is 0 Å². The fraction of sp³-hybridized carbons (Fsp3) is 1.00. The van der Waals surface area contributed by atoms with E-state index in [-0.39, 0.29) is 0 Å². The summed E-state index contributed by atoms with van der Waals surface area (Å²) in [7, 11) is 0. The third-order valence-corrected chi connectivity index (χ3v) is 5.20. The van der Waals surface area contributed by atoms with Gasteiger partial charge < -0.3 is 4.43 Å². The van der Waals surface area contributed by atoms with Crippen LogP contribution in [0.5, 0.6) is 0 Å². The van der Waals surface area contributed by atoms with Crippen molar-refractivity contribution in [2.45, 2.75) is 23.4 Å². The Bertz CT molecular complexity index is 123. The molecule has 60 valence electrons. The van der Waals surface area contributed by atoms with E-state index in [0.29, 0.717) is 12.5 Å². The van der Waals surface area contributed by atoms with E-state index in [0.717, 1.165) is 6.42 Å². The average molecular weight is 240 g/mol. The summed E-state index contributed by atoms with van der Waals surface area (Å²) in [5.41, 5.74) is 0. The van der Waals surface area contributed by atoms with Gasteiger partial charge in [0.25, 0.3) is 0 Å². The summed E-state index contributed by atoms with van der Waals surface area (Å²) in [5.74, 6) is 0. The molecule has 0 unspecified atom stereocenters. The maximum atomic E-state index is 5.77. The molecule has 0 saturated carbocycles. The van der Waals surface area contributed by atoms with Gasteiger partial charge in [0.2, 0.25) is 4.52 Å². The minimum atomic E-state index is -2.55. The molecule has 1 rings (SSSR count). The maximum absolute atomic E-state index is 5.77. The SMILES string of the molecule is ClC1(Cl)CCC[Si](Cl)(Cl)O1. The Morgan fingerprint density at radius 2 is 1.90 bits per heavy atom. The van der Waals surface area contributed by atoms with Crippen molar-refractivity contribution >= 4 is 52.3 Å². The molecule has 1 aliphatic rings. The summed E-state index contributed by atoms with van der Waals surface area (Å²) < 4.78 is 3.92. The van der Waals surface area contributed by atoms with E-state index >= 15 is 0 Å². The quantitative estimate of drug-likeness (QED) is 0.358. The highest BCUT2D eigenvalue weighted by molar-refractivity contribution is 7.42. The summed E-state index contributed by atoms with van der Waals surface area (Å²) in [5, 5.41) is 0. The molecule has 0 aromatic rings. The molecule has 0 atom stereocenters. The molecular weight excluding hydrogens is 234 g/mol. The lowest BCUT2D eigenvalue weighted by Gasteiger charge is -2.32. The highest BCUT2D eigenvalue weighted by Gasteiger charge is 2.44. The first-order valence-corrected chi connectivity index (χ1v) is 7.77. The molecule has 0 amide bonds. The van der Waals surface area contributed by atoms with E-state index in [9.17, 15) is 0 Å². The maximum Gasteiger partial charge on any atom is 0.391 e. The van der Waals surface area contributed by atoms with E-state index in [1.165, 1.54) is 0 Å². The standard InChI is InChI=1S/C4H6Cl4OSi/c5-4(6)2-1-3-10(7,8)9-4/h1-3H2. The van der Waals surface area contributed by atoms with Gasteiger partial charge in [-0.25, -0.2) is 0 Å². The first-order valence-electron chi connectivity index (χ1n) is 2.87. The lowest BCUT2D eigenvalue weighted by Crippen LogP contribution is -2.38. The summed E-state index contributed by atoms with van der Waals surface area (Å²) in [6.07, 6.45) is 1.44. The zero-order chi connectivity index (χ0) is 7.83. The Balaban J connectivity index is 2.56. The van der Waals surface area contributed by atoms with E-state index in [1.54, 1.807) is 0 Å². The van der Waals surface area contributed by atoms with Gasteiger partial charge in [-0.1, -0.05) is 23.2 Å². The second-order valence-corrected chi connectivity index (χ2v) is 9.87. The van der Waals surface area contributed by atoms with Gasteiger partial charge in [-0.3, -0.25) is 0 Å². The van der Waals surface area contributed by atoms with Gasteiger partial charge >= 0.3 is 6.94 Å². The van der Waals surface area contributed by atoms with Crippen molar-refractivity contribution < 1.29 is 4.43 Å². The largest absolute Gasteiger partial charge is 0.391 e. The van der Waals surface area contributed by atoms with Crippen LogP contribution in [0.3, 0.4) is 0 Å². The molecule has 0 bridgehead atoms. The molecular formula is C4H6Cl4OSi. The Kier molecular flexibility index (Phi) is 2.83. The third kappa shape index (κ3) is 2.76. The molecule has 6 heteroatoms. The molecule has 10 heavy (non-hydrogen) atoms. The fourth-order valence-corrected chi connectivity index (χ4v) is 5.17. The van der Waals surface area contributed by atoms with Crippen molar-refractivity contribution in [3.05, 3.63) is 0 Å².